The van der Waals surface area contributed by atoms with Crippen LogP contribution >= 0.6 is 0 Å². The Morgan fingerprint density at radius 2 is 2.06 bits per heavy atom. The van der Waals surface area contributed by atoms with Crippen molar-refractivity contribution in [3.63, 3.8) is 0 Å². The van der Waals surface area contributed by atoms with E-state index in [2.05, 4.69) is 33.8 Å². The molecule has 0 saturated heterocycles. The van der Waals surface area contributed by atoms with Crippen LogP contribution in [0.4, 0.5) is 0 Å². The second-order valence-corrected chi connectivity index (χ2v) is 6.33. The third-order valence-electron chi connectivity index (χ3n) is 4.14. The quantitative estimate of drug-likeness (QED) is 0.701. The molecular weight excluding hydrogens is 194 g/mol. The van der Waals surface area contributed by atoms with Gasteiger partial charge in [0.1, 0.15) is 0 Å². The average Bonchev–Trinajstić information content (AvgIpc) is 2.38. The predicted molar refractivity (Wildman–Crippen MR) is 72.1 cm³/mol. The first-order valence-corrected chi connectivity index (χ1v) is 6.88. The number of hydrogen-bond donors (Lipinski definition) is 1. The van der Waals surface area contributed by atoms with Crippen molar-refractivity contribution in [2.75, 3.05) is 0 Å². The second-order valence-electron chi connectivity index (χ2n) is 6.33. The molecule has 2 N–H and O–H groups in total. The molecule has 1 rings (SSSR count). The lowest BCUT2D eigenvalue weighted by Gasteiger charge is -2.30. The summed E-state index contributed by atoms with van der Waals surface area (Å²) in [5.74, 6) is 1.47. The molecule has 0 aliphatic heterocycles. The van der Waals surface area contributed by atoms with Crippen LogP contribution in [0.1, 0.15) is 66.2 Å². The Kier molecular flexibility index (Phi) is 4.89. The van der Waals surface area contributed by atoms with Crippen molar-refractivity contribution in [1.29, 1.82) is 0 Å². The molecule has 0 amide bonds. The van der Waals surface area contributed by atoms with Crippen molar-refractivity contribution in [3.05, 3.63) is 11.8 Å². The van der Waals surface area contributed by atoms with Gasteiger partial charge < -0.3 is 5.73 Å². The fraction of sp³-hybridized carbons (Fsp3) is 0.867. The molecule has 0 aromatic rings. The number of nitrogens with two attached hydrogens (primary N) is 1. The number of hydrogen-bond acceptors (Lipinski definition) is 1. The average molecular weight is 223 g/mol. The van der Waals surface area contributed by atoms with E-state index >= 15 is 0 Å². The summed E-state index contributed by atoms with van der Waals surface area (Å²) in [6, 6.07) is 0. The van der Waals surface area contributed by atoms with Crippen LogP contribution in [0.5, 0.6) is 0 Å². The topological polar surface area (TPSA) is 26.0 Å². The summed E-state index contributed by atoms with van der Waals surface area (Å²) in [5.41, 5.74) is 7.75. The minimum atomic E-state index is 0.566. The summed E-state index contributed by atoms with van der Waals surface area (Å²) in [5, 5.41) is 0. The lowest BCUT2D eigenvalue weighted by Crippen LogP contribution is -2.18. The van der Waals surface area contributed by atoms with Crippen molar-refractivity contribution >= 4 is 0 Å². The molecule has 0 bridgehead atoms. The van der Waals surface area contributed by atoms with Gasteiger partial charge in [-0.15, -0.1) is 0 Å². The Hall–Kier alpha value is -0.460. The van der Waals surface area contributed by atoms with Gasteiger partial charge in [0.05, 0.1) is 0 Å². The molecule has 1 fully saturated rings. The number of allylic oxidation sites excluding steroid dienone is 2. The minimum Gasteiger partial charge on any atom is -0.402 e. The maximum atomic E-state index is 6.07. The summed E-state index contributed by atoms with van der Waals surface area (Å²) < 4.78 is 0. The van der Waals surface area contributed by atoms with Crippen LogP contribution in [0.25, 0.3) is 0 Å². The summed E-state index contributed by atoms with van der Waals surface area (Å²) in [7, 11) is 0. The van der Waals surface area contributed by atoms with E-state index in [0.29, 0.717) is 11.3 Å². The maximum Gasteiger partial charge on any atom is 0.00686 e. The Morgan fingerprint density at radius 3 is 2.62 bits per heavy atom. The van der Waals surface area contributed by atoms with Crippen molar-refractivity contribution in [1.82, 2.24) is 0 Å². The molecule has 1 saturated carbocycles. The monoisotopic (exact) mass is 223 g/mol. The van der Waals surface area contributed by atoms with Crippen LogP contribution in [0.3, 0.4) is 0 Å². The third-order valence-corrected chi connectivity index (χ3v) is 4.14. The Labute approximate surface area is 101 Å². The smallest absolute Gasteiger partial charge is 0.00686 e. The highest BCUT2D eigenvalue weighted by molar-refractivity contribution is 5.01. The van der Waals surface area contributed by atoms with Crippen LogP contribution in [0.15, 0.2) is 11.8 Å². The largest absolute Gasteiger partial charge is 0.402 e. The van der Waals surface area contributed by atoms with E-state index in [1.165, 1.54) is 38.5 Å². The van der Waals surface area contributed by atoms with Crippen LogP contribution < -0.4 is 5.73 Å². The van der Waals surface area contributed by atoms with Crippen LogP contribution in [0, 0.1) is 17.3 Å². The van der Waals surface area contributed by atoms with Crippen LogP contribution in [0.2, 0.25) is 0 Å². The molecular formula is C15H29N. The fourth-order valence-corrected chi connectivity index (χ4v) is 3.33. The summed E-state index contributed by atoms with van der Waals surface area (Å²) in [6.07, 6.45) is 10.1. The highest BCUT2D eigenvalue weighted by Crippen LogP contribution is 2.42. The van der Waals surface area contributed by atoms with Gasteiger partial charge in [-0.3, -0.25) is 0 Å². The van der Waals surface area contributed by atoms with Crippen molar-refractivity contribution in [2.45, 2.75) is 66.2 Å². The maximum absolute atomic E-state index is 6.07. The molecule has 0 radical (unpaired) electrons. The van der Waals surface area contributed by atoms with Gasteiger partial charge in [-0.1, -0.05) is 33.3 Å². The van der Waals surface area contributed by atoms with E-state index < -0.39 is 0 Å². The van der Waals surface area contributed by atoms with E-state index in [0.717, 1.165) is 11.6 Å². The third kappa shape index (κ3) is 3.84. The fourth-order valence-electron chi connectivity index (χ4n) is 3.33. The zero-order chi connectivity index (χ0) is 12.2. The first-order valence-electron chi connectivity index (χ1n) is 6.88. The molecule has 1 aliphatic carbocycles. The van der Waals surface area contributed by atoms with Crippen molar-refractivity contribution < 1.29 is 0 Å². The molecule has 1 heteroatoms. The van der Waals surface area contributed by atoms with Crippen molar-refractivity contribution in [2.24, 2.45) is 23.0 Å². The highest BCUT2D eigenvalue weighted by Gasteiger charge is 2.29. The first-order chi connectivity index (χ1) is 7.47. The zero-order valence-electron chi connectivity index (χ0n) is 11.6. The van der Waals surface area contributed by atoms with E-state index in [1.807, 2.05) is 0 Å². The van der Waals surface area contributed by atoms with Crippen LogP contribution in [-0.4, -0.2) is 0 Å². The molecule has 94 valence electrons. The van der Waals surface area contributed by atoms with Crippen molar-refractivity contribution in [3.8, 4) is 0 Å². The molecule has 0 heterocycles. The SMILES string of the molecule is C/C=C(/N)C1CCCC(C)(CC(C)C)CC1. The van der Waals surface area contributed by atoms with Gasteiger partial charge in [-0.05, 0) is 56.3 Å². The van der Waals surface area contributed by atoms with Gasteiger partial charge in [0, 0.05) is 5.70 Å². The van der Waals surface area contributed by atoms with E-state index in [4.69, 9.17) is 5.73 Å². The van der Waals surface area contributed by atoms with Gasteiger partial charge in [-0.25, -0.2) is 0 Å². The zero-order valence-corrected chi connectivity index (χ0v) is 11.6. The highest BCUT2D eigenvalue weighted by atomic mass is 14.6. The van der Waals surface area contributed by atoms with E-state index in [-0.39, 0.29) is 0 Å². The molecule has 0 spiro atoms. The van der Waals surface area contributed by atoms with Gasteiger partial charge in [-0.2, -0.15) is 0 Å². The second kappa shape index (κ2) is 5.75. The molecule has 0 aromatic heterocycles. The van der Waals surface area contributed by atoms with E-state index in [9.17, 15) is 0 Å². The summed E-state index contributed by atoms with van der Waals surface area (Å²) in [6.45, 7) is 9.22. The predicted octanol–water partition coefficient (Wildman–Crippen LogP) is 4.48. The normalized spacial score (nSPS) is 32.8. The van der Waals surface area contributed by atoms with Gasteiger partial charge in [0.25, 0.3) is 0 Å². The molecule has 1 aliphatic rings. The van der Waals surface area contributed by atoms with Gasteiger partial charge in [0.2, 0.25) is 0 Å². The van der Waals surface area contributed by atoms with E-state index in [1.54, 1.807) is 0 Å². The summed E-state index contributed by atoms with van der Waals surface area (Å²) >= 11 is 0. The van der Waals surface area contributed by atoms with Crippen LogP contribution in [-0.2, 0) is 0 Å². The Balaban J connectivity index is 2.58. The first kappa shape index (κ1) is 13.6. The van der Waals surface area contributed by atoms with Gasteiger partial charge >= 0.3 is 0 Å². The molecule has 0 aromatic carbocycles. The minimum absolute atomic E-state index is 0.566. The molecule has 16 heavy (non-hydrogen) atoms. The standard InChI is InChI=1S/C15H29N/c1-5-14(16)13-7-6-9-15(4,10-8-13)11-12(2)3/h5,12-13H,6-11,16H2,1-4H3/b14-5+. The Morgan fingerprint density at radius 1 is 1.38 bits per heavy atom. The lowest BCUT2D eigenvalue weighted by atomic mass is 9.76. The summed E-state index contributed by atoms with van der Waals surface area (Å²) in [4.78, 5) is 0. The molecule has 1 nitrogen and oxygen atoms in total. The van der Waals surface area contributed by atoms with Gasteiger partial charge in [0.15, 0.2) is 0 Å². The molecule has 2 atom stereocenters. The Bertz CT molecular complexity index is 242. The number of rotatable bonds is 3. The molecule has 2 unspecified atom stereocenters. The lowest BCUT2D eigenvalue weighted by molar-refractivity contribution is 0.219.